The summed E-state index contributed by atoms with van der Waals surface area (Å²) in [7, 11) is 5.44. The summed E-state index contributed by atoms with van der Waals surface area (Å²) in [5.41, 5.74) is 3.01. The van der Waals surface area contributed by atoms with Crippen LogP contribution in [0, 0.1) is 5.92 Å². The van der Waals surface area contributed by atoms with Crippen molar-refractivity contribution in [1.82, 2.24) is 4.98 Å². The highest BCUT2D eigenvalue weighted by molar-refractivity contribution is 5.82. The summed E-state index contributed by atoms with van der Waals surface area (Å²) in [6.45, 7) is 1.85. The van der Waals surface area contributed by atoms with E-state index < -0.39 is 0 Å². The lowest BCUT2D eigenvalue weighted by molar-refractivity contribution is -0.144. The van der Waals surface area contributed by atoms with E-state index in [2.05, 4.69) is 22.0 Å². The van der Waals surface area contributed by atoms with Gasteiger partial charge < -0.3 is 9.64 Å². The van der Waals surface area contributed by atoms with Gasteiger partial charge in [0.05, 0.1) is 18.5 Å². The first-order valence-electron chi connectivity index (χ1n) is 6.66. The van der Waals surface area contributed by atoms with Crippen LogP contribution < -0.4 is 4.90 Å². The van der Waals surface area contributed by atoms with E-state index in [4.69, 9.17) is 4.74 Å². The number of aromatic nitrogens is 1. The van der Waals surface area contributed by atoms with Crippen molar-refractivity contribution in [2.24, 2.45) is 5.92 Å². The molecule has 2 aromatic rings. The molecule has 0 aliphatic heterocycles. The smallest absolute Gasteiger partial charge is 0.308 e. The molecule has 1 aromatic carbocycles. The number of esters is 1. The summed E-state index contributed by atoms with van der Waals surface area (Å²) in [5, 5.41) is 1.10. The van der Waals surface area contributed by atoms with Gasteiger partial charge in [0.1, 0.15) is 0 Å². The van der Waals surface area contributed by atoms with Gasteiger partial charge in [0.15, 0.2) is 0 Å². The highest BCUT2D eigenvalue weighted by atomic mass is 16.5. The minimum atomic E-state index is -0.199. The molecule has 0 radical (unpaired) electrons. The van der Waals surface area contributed by atoms with Crippen LogP contribution >= 0.6 is 0 Å². The number of hydrogen-bond acceptors (Lipinski definition) is 4. The molecule has 0 aliphatic carbocycles. The molecule has 2 rings (SSSR count). The fourth-order valence-corrected chi connectivity index (χ4v) is 2.15. The fourth-order valence-electron chi connectivity index (χ4n) is 2.15. The molecule has 0 spiro atoms. The molecule has 20 heavy (non-hydrogen) atoms. The maximum absolute atomic E-state index is 11.4. The monoisotopic (exact) mass is 272 g/mol. The first-order valence-corrected chi connectivity index (χ1v) is 6.66. The summed E-state index contributed by atoms with van der Waals surface area (Å²) in [4.78, 5) is 18.1. The predicted molar refractivity (Wildman–Crippen MR) is 81.0 cm³/mol. The SMILES string of the molecule is COC(=O)C(C)Cc1ccc2cc(N(C)C)ccc2n1. The zero-order valence-electron chi connectivity index (χ0n) is 12.4. The minimum Gasteiger partial charge on any atom is -0.469 e. The molecule has 0 fully saturated rings. The van der Waals surface area contributed by atoms with Crippen molar-refractivity contribution < 1.29 is 9.53 Å². The van der Waals surface area contributed by atoms with Gasteiger partial charge in [-0.3, -0.25) is 9.78 Å². The number of carbonyl (C=O) groups is 1. The summed E-state index contributed by atoms with van der Waals surface area (Å²) < 4.78 is 4.74. The number of carbonyl (C=O) groups excluding carboxylic acids is 1. The van der Waals surface area contributed by atoms with Gasteiger partial charge in [-0.2, -0.15) is 0 Å². The molecule has 0 saturated heterocycles. The van der Waals surface area contributed by atoms with E-state index in [0.29, 0.717) is 6.42 Å². The largest absolute Gasteiger partial charge is 0.469 e. The lowest BCUT2D eigenvalue weighted by Crippen LogP contribution is -2.15. The third-order valence-corrected chi connectivity index (χ3v) is 3.37. The van der Waals surface area contributed by atoms with Crippen molar-refractivity contribution in [2.45, 2.75) is 13.3 Å². The molecule has 106 valence electrons. The number of pyridine rings is 1. The highest BCUT2D eigenvalue weighted by Crippen LogP contribution is 2.20. The van der Waals surface area contributed by atoms with E-state index in [-0.39, 0.29) is 11.9 Å². The second kappa shape index (κ2) is 5.90. The second-order valence-electron chi connectivity index (χ2n) is 5.20. The standard InChI is InChI=1S/C16H20N2O2/c1-11(16(19)20-4)9-13-6-5-12-10-14(18(2)3)7-8-15(12)17-13/h5-8,10-11H,9H2,1-4H3. The van der Waals surface area contributed by atoms with E-state index in [1.807, 2.05) is 39.2 Å². The molecule has 4 nitrogen and oxygen atoms in total. The summed E-state index contributed by atoms with van der Waals surface area (Å²) in [6.07, 6.45) is 0.595. The Morgan fingerprint density at radius 2 is 2.05 bits per heavy atom. The van der Waals surface area contributed by atoms with E-state index in [1.54, 1.807) is 0 Å². The number of methoxy groups -OCH3 is 1. The Hall–Kier alpha value is -2.10. The van der Waals surface area contributed by atoms with Gasteiger partial charge in [0.2, 0.25) is 0 Å². The molecule has 0 saturated carbocycles. The highest BCUT2D eigenvalue weighted by Gasteiger charge is 2.14. The Labute approximate surface area is 119 Å². The Kier molecular flexibility index (Phi) is 4.23. The Morgan fingerprint density at radius 3 is 2.70 bits per heavy atom. The van der Waals surface area contributed by atoms with E-state index in [9.17, 15) is 4.79 Å². The molecular weight excluding hydrogens is 252 g/mol. The molecule has 1 atom stereocenters. The lowest BCUT2D eigenvalue weighted by atomic mass is 10.0. The van der Waals surface area contributed by atoms with Crippen molar-refractivity contribution >= 4 is 22.6 Å². The number of anilines is 1. The van der Waals surface area contributed by atoms with Crippen LogP contribution in [0.4, 0.5) is 5.69 Å². The van der Waals surface area contributed by atoms with Gasteiger partial charge in [0.25, 0.3) is 0 Å². The number of rotatable bonds is 4. The first-order chi connectivity index (χ1) is 9.51. The number of hydrogen-bond donors (Lipinski definition) is 0. The summed E-state index contributed by atoms with van der Waals surface area (Å²) in [5.74, 6) is -0.374. The van der Waals surface area contributed by atoms with Crippen molar-refractivity contribution in [2.75, 3.05) is 26.1 Å². The summed E-state index contributed by atoms with van der Waals surface area (Å²) in [6, 6.07) is 10.2. The molecule has 0 bridgehead atoms. The molecule has 0 amide bonds. The Morgan fingerprint density at radius 1 is 1.30 bits per heavy atom. The normalized spacial score (nSPS) is 12.2. The van der Waals surface area contributed by atoms with Crippen LogP contribution in [0.1, 0.15) is 12.6 Å². The third kappa shape index (κ3) is 3.07. The Balaban J connectivity index is 2.26. The van der Waals surface area contributed by atoms with E-state index >= 15 is 0 Å². The molecular formula is C16H20N2O2. The minimum absolute atomic E-state index is 0.175. The van der Waals surface area contributed by atoms with Crippen LogP contribution in [-0.2, 0) is 16.0 Å². The second-order valence-corrected chi connectivity index (χ2v) is 5.20. The van der Waals surface area contributed by atoms with Crippen LogP contribution in [-0.4, -0.2) is 32.2 Å². The molecule has 1 aromatic heterocycles. The fraction of sp³-hybridized carbons (Fsp3) is 0.375. The predicted octanol–water partition coefficient (Wildman–Crippen LogP) is 2.65. The zero-order chi connectivity index (χ0) is 14.7. The van der Waals surface area contributed by atoms with Crippen molar-refractivity contribution in [3.05, 3.63) is 36.0 Å². The molecule has 4 heteroatoms. The van der Waals surface area contributed by atoms with E-state index in [1.165, 1.54) is 7.11 Å². The molecule has 0 aliphatic rings. The number of benzene rings is 1. The van der Waals surface area contributed by atoms with Crippen molar-refractivity contribution in [1.29, 1.82) is 0 Å². The molecule has 0 N–H and O–H groups in total. The van der Waals surface area contributed by atoms with Crippen LogP contribution in [0.2, 0.25) is 0 Å². The number of fused-ring (bicyclic) bond motifs is 1. The van der Waals surface area contributed by atoms with Crippen molar-refractivity contribution in [3.63, 3.8) is 0 Å². The first kappa shape index (κ1) is 14.3. The van der Waals surface area contributed by atoms with Gasteiger partial charge in [-0.05, 0) is 24.3 Å². The number of nitrogens with zero attached hydrogens (tertiary/aromatic N) is 2. The van der Waals surface area contributed by atoms with Crippen LogP contribution in [0.25, 0.3) is 10.9 Å². The molecule has 1 heterocycles. The third-order valence-electron chi connectivity index (χ3n) is 3.37. The molecule has 1 unspecified atom stereocenters. The van der Waals surface area contributed by atoms with Gasteiger partial charge in [-0.25, -0.2) is 0 Å². The van der Waals surface area contributed by atoms with Gasteiger partial charge in [-0.15, -0.1) is 0 Å². The summed E-state index contributed by atoms with van der Waals surface area (Å²) >= 11 is 0. The van der Waals surface area contributed by atoms with E-state index in [0.717, 1.165) is 22.3 Å². The van der Waals surface area contributed by atoms with Crippen LogP contribution in [0.15, 0.2) is 30.3 Å². The average molecular weight is 272 g/mol. The zero-order valence-corrected chi connectivity index (χ0v) is 12.4. The average Bonchev–Trinajstić information content (AvgIpc) is 2.45. The maximum atomic E-state index is 11.4. The Bertz CT molecular complexity index is 623. The topological polar surface area (TPSA) is 42.4 Å². The van der Waals surface area contributed by atoms with Gasteiger partial charge in [0, 0.05) is 37.3 Å². The lowest BCUT2D eigenvalue weighted by Gasteiger charge is -2.13. The number of ether oxygens (including phenoxy) is 1. The van der Waals surface area contributed by atoms with Crippen LogP contribution in [0.3, 0.4) is 0 Å². The maximum Gasteiger partial charge on any atom is 0.308 e. The van der Waals surface area contributed by atoms with Gasteiger partial charge in [-0.1, -0.05) is 13.0 Å². The van der Waals surface area contributed by atoms with Gasteiger partial charge >= 0.3 is 5.97 Å². The van der Waals surface area contributed by atoms with Crippen molar-refractivity contribution in [3.8, 4) is 0 Å². The van der Waals surface area contributed by atoms with Crippen LogP contribution in [0.5, 0.6) is 0 Å². The quantitative estimate of drug-likeness (QED) is 0.802.